The van der Waals surface area contributed by atoms with E-state index in [4.69, 9.17) is 9.84 Å². The van der Waals surface area contributed by atoms with E-state index in [1.54, 1.807) is 4.90 Å². The Morgan fingerprint density at radius 2 is 2.18 bits per heavy atom. The normalized spacial score (nSPS) is 20.4. The lowest BCUT2D eigenvalue weighted by Gasteiger charge is -2.42. The third-order valence-electron chi connectivity index (χ3n) is 2.78. The zero-order chi connectivity index (χ0) is 13.1. The Balaban J connectivity index is 2.38. The van der Waals surface area contributed by atoms with Crippen LogP contribution in [0.3, 0.4) is 0 Å². The van der Waals surface area contributed by atoms with E-state index in [2.05, 4.69) is 0 Å². The molecule has 1 unspecified atom stereocenters. The predicted octanol–water partition coefficient (Wildman–Crippen LogP) is 0.920. The van der Waals surface area contributed by atoms with E-state index in [1.165, 1.54) is 0 Å². The average Bonchev–Trinajstić information content (AvgIpc) is 2.09. The third kappa shape index (κ3) is 4.52. The summed E-state index contributed by atoms with van der Waals surface area (Å²) in [6.07, 6.45) is 0.779. The van der Waals surface area contributed by atoms with Crippen molar-refractivity contribution in [3.05, 3.63) is 0 Å². The second-order valence-corrected chi connectivity index (χ2v) is 5.60. The standard InChI is InChI=1S/C12H24N2O3/c1-12(2,3)17-11(16)14-6-5-10(14)9-13(4)7-8-15/h10,15H,5-9H2,1-4H3. The highest BCUT2D eigenvalue weighted by Crippen LogP contribution is 2.21. The van der Waals surface area contributed by atoms with Crippen LogP contribution in [0, 0.1) is 0 Å². The molecule has 5 nitrogen and oxygen atoms in total. The fourth-order valence-electron chi connectivity index (χ4n) is 1.81. The second kappa shape index (κ2) is 5.69. The van der Waals surface area contributed by atoms with Crippen LogP contribution < -0.4 is 0 Å². The van der Waals surface area contributed by atoms with Crippen molar-refractivity contribution in [3.63, 3.8) is 0 Å². The highest BCUT2D eigenvalue weighted by molar-refractivity contribution is 5.69. The van der Waals surface area contributed by atoms with E-state index in [0.29, 0.717) is 6.54 Å². The Kier molecular flexibility index (Phi) is 4.77. The van der Waals surface area contributed by atoms with Gasteiger partial charge in [-0.25, -0.2) is 4.79 Å². The molecular formula is C12H24N2O3. The lowest BCUT2D eigenvalue weighted by atomic mass is 10.0. The van der Waals surface area contributed by atoms with Crippen LogP contribution in [0.25, 0.3) is 0 Å². The van der Waals surface area contributed by atoms with E-state index in [9.17, 15) is 4.79 Å². The first-order valence-corrected chi connectivity index (χ1v) is 6.12. The maximum absolute atomic E-state index is 11.8. The molecule has 1 saturated heterocycles. The number of hydrogen-bond donors (Lipinski definition) is 1. The van der Waals surface area contributed by atoms with Crippen LogP contribution in [0.4, 0.5) is 4.79 Å². The van der Waals surface area contributed by atoms with Crippen molar-refractivity contribution < 1.29 is 14.6 Å². The number of carbonyl (C=O) groups excluding carboxylic acids is 1. The van der Waals surface area contributed by atoms with Crippen molar-refractivity contribution in [3.8, 4) is 0 Å². The molecule has 0 spiro atoms. The van der Waals surface area contributed by atoms with Crippen molar-refractivity contribution >= 4 is 6.09 Å². The number of aliphatic hydroxyl groups excluding tert-OH is 1. The maximum atomic E-state index is 11.8. The first kappa shape index (κ1) is 14.3. The van der Waals surface area contributed by atoms with Crippen LogP contribution in [0.2, 0.25) is 0 Å². The maximum Gasteiger partial charge on any atom is 0.410 e. The lowest BCUT2D eigenvalue weighted by molar-refractivity contribution is -0.0110. The van der Waals surface area contributed by atoms with Crippen LogP contribution in [0.5, 0.6) is 0 Å². The summed E-state index contributed by atoms with van der Waals surface area (Å²) in [5.74, 6) is 0. The molecule has 0 aromatic rings. The van der Waals surface area contributed by atoms with Crippen molar-refractivity contribution in [2.45, 2.75) is 38.8 Å². The zero-order valence-corrected chi connectivity index (χ0v) is 11.3. The van der Waals surface area contributed by atoms with E-state index >= 15 is 0 Å². The summed E-state index contributed by atoms with van der Waals surface area (Å²) < 4.78 is 5.33. The molecule has 100 valence electrons. The van der Waals surface area contributed by atoms with Gasteiger partial charge in [-0.15, -0.1) is 0 Å². The van der Waals surface area contributed by atoms with E-state index in [-0.39, 0.29) is 18.7 Å². The third-order valence-corrected chi connectivity index (χ3v) is 2.78. The van der Waals surface area contributed by atoms with Crippen molar-refractivity contribution in [2.75, 3.05) is 33.3 Å². The molecule has 0 saturated carbocycles. The molecule has 17 heavy (non-hydrogen) atoms. The summed E-state index contributed by atoms with van der Waals surface area (Å²) >= 11 is 0. The minimum absolute atomic E-state index is 0.148. The van der Waals surface area contributed by atoms with Gasteiger partial charge in [0, 0.05) is 25.7 Å². The van der Waals surface area contributed by atoms with Gasteiger partial charge in [0.1, 0.15) is 5.60 Å². The number of nitrogens with zero attached hydrogens (tertiary/aromatic N) is 2. The van der Waals surface area contributed by atoms with Crippen molar-refractivity contribution in [2.24, 2.45) is 0 Å². The Labute approximate surface area is 103 Å². The molecule has 1 aliphatic heterocycles. The second-order valence-electron chi connectivity index (χ2n) is 5.60. The van der Waals surface area contributed by atoms with E-state index < -0.39 is 5.60 Å². The van der Waals surface area contributed by atoms with Crippen molar-refractivity contribution in [1.29, 1.82) is 0 Å². The zero-order valence-electron chi connectivity index (χ0n) is 11.3. The number of hydrogen-bond acceptors (Lipinski definition) is 4. The van der Waals surface area contributed by atoms with Gasteiger partial charge in [0.25, 0.3) is 0 Å². The molecule has 0 aromatic carbocycles. The molecule has 0 aromatic heterocycles. The minimum Gasteiger partial charge on any atom is -0.444 e. The first-order chi connectivity index (χ1) is 7.83. The van der Waals surface area contributed by atoms with E-state index in [1.807, 2.05) is 32.7 Å². The summed E-state index contributed by atoms with van der Waals surface area (Å²) in [4.78, 5) is 15.6. The van der Waals surface area contributed by atoms with Gasteiger partial charge in [-0.1, -0.05) is 0 Å². The molecule has 1 heterocycles. The average molecular weight is 244 g/mol. The van der Waals surface area contributed by atoms with Crippen LogP contribution in [-0.2, 0) is 4.74 Å². The predicted molar refractivity (Wildman–Crippen MR) is 65.9 cm³/mol. The number of amides is 1. The fourth-order valence-corrected chi connectivity index (χ4v) is 1.81. The van der Waals surface area contributed by atoms with Gasteiger partial charge < -0.3 is 19.6 Å². The summed E-state index contributed by atoms with van der Waals surface area (Å²) in [6, 6.07) is 0.224. The highest BCUT2D eigenvalue weighted by atomic mass is 16.6. The quantitative estimate of drug-likeness (QED) is 0.799. The van der Waals surface area contributed by atoms with Gasteiger partial charge in [0.2, 0.25) is 0 Å². The monoisotopic (exact) mass is 244 g/mol. The summed E-state index contributed by atoms with van der Waals surface area (Å²) in [7, 11) is 1.95. The first-order valence-electron chi connectivity index (χ1n) is 6.12. The summed E-state index contributed by atoms with van der Waals surface area (Å²) in [5, 5.41) is 8.82. The van der Waals surface area contributed by atoms with E-state index in [0.717, 1.165) is 19.5 Å². The molecule has 1 aliphatic rings. The van der Waals surface area contributed by atoms with Gasteiger partial charge in [0.05, 0.1) is 6.61 Å². The molecule has 1 rings (SSSR count). The Morgan fingerprint density at radius 3 is 2.59 bits per heavy atom. The fraction of sp³-hybridized carbons (Fsp3) is 0.917. The van der Waals surface area contributed by atoms with Gasteiger partial charge in [-0.3, -0.25) is 0 Å². The summed E-state index contributed by atoms with van der Waals surface area (Å²) in [6.45, 7) is 7.97. The smallest absolute Gasteiger partial charge is 0.410 e. The minimum atomic E-state index is -0.436. The van der Waals surface area contributed by atoms with Crippen LogP contribution >= 0.6 is 0 Å². The highest BCUT2D eigenvalue weighted by Gasteiger charge is 2.35. The molecule has 1 amide bonds. The number of rotatable bonds is 4. The largest absolute Gasteiger partial charge is 0.444 e. The number of ether oxygens (including phenoxy) is 1. The number of likely N-dealkylation sites (tertiary alicyclic amines) is 1. The Morgan fingerprint density at radius 1 is 1.53 bits per heavy atom. The van der Waals surface area contributed by atoms with Gasteiger partial charge in [-0.05, 0) is 34.2 Å². The molecule has 1 N–H and O–H groups in total. The molecule has 0 bridgehead atoms. The van der Waals surface area contributed by atoms with Crippen LogP contribution in [-0.4, -0.2) is 65.9 Å². The number of likely N-dealkylation sites (N-methyl/N-ethyl adjacent to an activating group) is 1. The van der Waals surface area contributed by atoms with Crippen LogP contribution in [0.1, 0.15) is 27.2 Å². The number of carbonyl (C=O) groups is 1. The van der Waals surface area contributed by atoms with Gasteiger partial charge >= 0.3 is 6.09 Å². The molecule has 1 fully saturated rings. The van der Waals surface area contributed by atoms with Gasteiger partial charge in [-0.2, -0.15) is 0 Å². The molecular weight excluding hydrogens is 220 g/mol. The Hall–Kier alpha value is -0.810. The molecule has 5 heteroatoms. The molecule has 0 radical (unpaired) electrons. The van der Waals surface area contributed by atoms with Crippen LogP contribution in [0.15, 0.2) is 0 Å². The summed E-state index contributed by atoms with van der Waals surface area (Å²) in [5.41, 5.74) is -0.436. The number of aliphatic hydroxyl groups is 1. The lowest BCUT2D eigenvalue weighted by Crippen LogP contribution is -2.56. The molecule has 0 aliphatic carbocycles. The van der Waals surface area contributed by atoms with Gasteiger partial charge in [0.15, 0.2) is 0 Å². The SMILES string of the molecule is CN(CCO)CC1CCN1C(=O)OC(C)(C)C. The Bertz CT molecular complexity index is 263. The van der Waals surface area contributed by atoms with Crippen molar-refractivity contribution in [1.82, 2.24) is 9.80 Å². The molecule has 1 atom stereocenters. The topological polar surface area (TPSA) is 53.0 Å².